The molecular weight excluding hydrogens is 414 g/mol. The van der Waals surface area contributed by atoms with Crippen LogP contribution in [0.5, 0.6) is 5.75 Å². The zero-order valence-electron chi connectivity index (χ0n) is 17.4. The van der Waals surface area contributed by atoms with Crippen LogP contribution in [0.1, 0.15) is 24.4 Å². The van der Waals surface area contributed by atoms with E-state index in [1.807, 2.05) is 0 Å². The van der Waals surface area contributed by atoms with Crippen LogP contribution in [0.2, 0.25) is 0 Å². The molecule has 0 spiro atoms. The molecule has 164 valence electrons. The van der Waals surface area contributed by atoms with Crippen molar-refractivity contribution in [2.75, 3.05) is 17.3 Å². The first-order chi connectivity index (χ1) is 15.5. The average molecular weight is 436 g/mol. The maximum Gasteiger partial charge on any atom is 0.229 e. The van der Waals surface area contributed by atoms with Gasteiger partial charge in [-0.1, -0.05) is 12.1 Å². The normalized spacial score (nSPS) is 18.3. The number of amides is 2. The van der Waals surface area contributed by atoms with Gasteiger partial charge in [0.05, 0.1) is 19.1 Å². The number of methoxy groups -OCH3 is 1. The van der Waals surface area contributed by atoms with E-state index in [2.05, 4.69) is 5.32 Å². The minimum atomic E-state index is -0.634. The summed E-state index contributed by atoms with van der Waals surface area (Å²) < 4.78 is 32.0. The van der Waals surface area contributed by atoms with Gasteiger partial charge in [-0.2, -0.15) is 0 Å². The van der Waals surface area contributed by atoms with Gasteiger partial charge in [0.1, 0.15) is 17.4 Å². The molecule has 0 unspecified atom stereocenters. The number of nitrogens with zero attached hydrogens (tertiary/aromatic N) is 1. The van der Waals surface area contributed by atoms with Crippen molar-refractivity contribution in [1.82, 2.24) is 0 Å². The molecule has 3 aromatic rings. The second-order valence-corrected chi connectivity index (χ2v) is 7.60. The Morgan fingerprint density at radius 1 is 0.938 bits per heavy atom. The third kappa shape index (κ3) is 4.46. The van der Waals surface area contributed by atoms with Crippen LogP contribution in [0.3, 0.4) is 0 Å². The molecular formula is C25H22F2N2O3. The fourth-order valence-electron chi connectivity index (χ4n) is 4.02. The lowest BCUT2D eigenvalue weighted by Gasteiger charge is -2.41. The molecule has 2 atom stereocenters. The van der Waals surface area contributed by atoms with Crippen molar-refractivity contribution < 1.29 is 23.1 Å². The molecule has 1 saturated heterocycles. The van der Waals surface area contributed by atoms with Crippen molar-refractivity contribution in [1.29, 1.82) is 0 Å². The van der Waals surface area contributed by atoms with Crippen LogP contribution in [0.4, 0.5) is 20.2 Å². The molecule has 1 heterocycles. The van der Waals surface area contributed by atoms with E-state index in [4.69, 9.17) is 4.74 Å². The van der Waals surface area contributed by atoms with Gasteiger partial charge in [-0.15, -0.1) is 0 Å². The number of benzene rings is 3. The first kappa shape index (κ1) is 21.5. The van der Waals surface area contributed by atoms with Crippen LogP contribution in [0.15, 0.2) is 72.8 Å². The molecule has 1 N–H and O–H groups in total. The van der Waals surface area contributed by atoms with E-state index in [1.54, 1.807) is 48.4 Å². The molecule has 1 fully saturated rings. The minimum Gasteiger partial charge on any atom is -0.497 e. The zero-order chi connectivity index (χ0) is 22.7. The van der Waals surface area contributed by atoms with Crippen molar-refractivity contribution in [3.8, 4) is 5.75 Å². The molecule has 0 saturated carbocycles. The average Bonchev–Trinajstić information content (AvgIpc) is 2.81. The van der Waals surface area contributed by atoms with Crippen LogP contribution in [-0.2, 0) is 9.59 Å². The number of piperidine rings is 1. The van der Waals surface area contributed by atoms with Gasteiger partial charge in [-0.25, -0.2) is 8.78 Å². The summed E-state index contributed by atoms with van der Waals surface area (Å²) in [7, 11) is 1.55. The Kier molecular flexibility index (Phi) is 6.16. The highest BCUT2D eigenvalue weighted by atomic mass is 19.1. The van der Waals surface area contributed by atoms with E-state index in [-0.39, 0.29) is 18.2 Å². The van der Waals surface area contributed by atoms with Crippen molar-refractivity contribution in [2.45, 2.75) is 18.9 Å². The van der Waals surface area contributed by atoms with Crippen LogP contribution >= 0.6 is 0 Å². The van der Waals surface area contributed by atoms with Gasteiger partial charge in [0.15, 0.2) is 0 Å². The lowest BCUT2D eigenvalue weighted by atomic mass is 9.83. The molecule has 2 amide bonds. The maximum absolute atomic E-state index is 13.6. The number of hydrogen-bond donors (Lipinski definition) is 1. The smallest absolute Gasteiger partial charge is 0.229 e. The number of hydrogen-bond acceptors (Lipinski definition) is 3. The quantitative estimate of drug-likeness (QED) is 0.606. The second kappa shape index (κ2) is 9.18. The molecule has 1 aliphatic heterocycles. The highest BCUT2D eigenvalue weighted by Crippen LogP contribution is 2.41. The van der Waals surface area contributed by atoms with E-state index >= 15 is 0 Å². The number of rotatable bonds is 5. The number of ether oxygens (including phenoxy) is 1. The lowest BCUT2D eigenvalue weighted by molar-refractivity contribution is -0.125. The molecule has 1 aliphatic rings. The zero-order valence-corrected chi connectivity index (χ0v) is 17.4. The van der Waals surface area contributed by atoms with Crippen LogP contribution in [-0.4, -0.2) is 18.9 Å². The first-order valence-corrected chi connectivity index (χ1v) is 10.2. The van der Waals surface area contributed by atoms with E-state index in [0.29, 0.717) is 29.1 Å². The Labute approximate surface area is 184 Å². The molecule has 0 aliphatic carbocycles. The maximum atomic E-state index is 13.6. The highest BCUT2D eigenvalue weighted by molar-refractivity contribution is 6.00. The number of carbonyl (C=O) groups excluding carboxylic acids is 2. The molecule has 5 nitrogen and oxygen atoms in total. The van der Waals surface area contributed by atoms with Gasteiger partial charge in [0.2, 0.25) is 11.8 Å². The number of halogens is 2. The molecule has 7 heteroatoms. The Morgan fingerprint density at radius 2 is 1.53 bits per heavy atom. The van der Waals surface area contributed by atoms with Gasteiger partial charge < -0.3 is 15.0 Å². The summed E-state index contributed by atoms with van der Waals surface area (Å²) in [6, 6.07) is 17.7. The largest absolute Gasteiger partial charge is 0.497 e. The van der Waals surface area contributed by atoms with Crippen molar-refractivity contribution in [2.24, 2.45) is 5.92 Å². The summed E-state index contributed by atoms with van der Waals surface area (Å²) in [5.74, 6) is -1.18. The first-order valence-electron chi connectivity index (χ1n) is 10.2. The standard InChI is InChI=1S/C25H22F2N2O3/c1-32-21-12-10-20(11-13-21)29-23(30)15-14-22(24(29)16-2-4-17(26)5-3-16)25(31)28-19-8-6-18(27)7-9-19/h2-13,22,24H,14-15H2,1H3,(H,28,31)/t22-,24-/m1/s1. The van der Waals surface area contributed by atoms with E-state index in [0.717, 1.165) is 0 Å². The SMILES string of the molecule is COc1ccc(N2C(=O)CC[C@@H](C(=O)Nc3ccc(F)cc3)[C@H]2c2ccc(F)cc2)cc1. The van der Waals surface area contributed by atoms with Crippen LogP contribution in [0, 0.1) is 17.6 Å². The van der Waals surface area contributed by atoms with E-state index in [9.17, 15) is 18.4 Å². The summed E-state index contributed by atoms with van der Waals surface area (Å²) in [6.07, 6.45) is 0.520. The van der Waals surface area contributed by atoms with Gasteiger partial charge in [-0.05, 0) is 72.6 Å². The van der Waals surface area contributed by atoms with Crippen molar-refractivity contribution >= 4 is 23.2 Å². The van der Waals surface area contributed by atoms with Crippen molar-refractivity contribution in [3.63, 3.8) is 0 Å². The topological polar surface area (TPSA) is 58.6 Å². The van der Waals surface area contributed by atoms with Gasteiger partial charge in [-0.3, -0.25) is 9.59 Å². The predicted molar refractivity (Wildman–Crippen MR) is 117 cm³/mol. The number of nitrogens with one attached hydrogen (secondary N) is 1. The highest BCUT2D eigenvalue weighted by Gasteiger charge is 2.41. The summed E-state index contributed by atoms with van der Waals surface area (Å²) in [5, 5.41) is 2.82. The lowest BCUT2D eigenvalue weighted by Crippen LogP contribution is -2.47. The van der Waals surface area contributed by atoms with Crippen LogP contribution < -0.4 is 15.0 Å². The summed E-state index contributed by atoms with van der Waals surface area (Å²) >= 11 is 0. The predicted octanol–water partition coefficient (Wildman–Crippen LogP) is 5.10. The second-order valence-electron chi connectivity index (χ2n) is 7.60. The number of carbonyl (C=O) groups is 2. The Morgan fingerprint density at radius 3 is 2.12 bits per heavy atom. The molecule has 32 heavy (non-hydrogen) atoms. The fraction of sp³-hybridized carbons (Fsp3) is 0.200. The summed E-state index contributed by atoms with van der Waals surface area (Å²) in [6.45, 7) is 0. The third-order valence-electron chi connectivity index (χ3n) is 5.61. The molecule has 3 aromatic carbocycles. The molecule has 4 rings (SSSR count). The van der Waals surface area contributed by atoms with Gasteiger partial charge in [0, 0.05) is 17.8 Å². The Bertz CT molecular complexity index is 1100. The van der Waals surface area contributed by atoms with Crippen molar-refractivity contribution in [3.05, 3.63) is 90.0 Å². The number of anilines is 2. The Hall–Kier alpha value is -3.74. The Balaban J connectivity index is 1.72. The fourth-order valence-corrected chi connectivity index (χ4v) is 4.02. The van der Waals surface area contributed by atoms with Crippen LogP contribution in [0.25, 0.3) is 0 Å². The van der Waals surface area contributed by atoms with E-state index in [1.165, 1.54) is 36.4 Å². The third-order valence-corrected chi connectivity index (χ3v) is 5.61. The summed E-state index contributed by atoms with van der Waals surface area (Å²) in [4.78, 5) is 27.8. The molecule has 0 radical (unpaired) electrons. The molecule has 0 bridgehead atoms. The van der Waals surface area contributed by atoms with Gasteiger partial charge >= 0.3 is 0 Å². The summed E-state index contributed by atoms with van der Waals surface area (Å²) in [5.41, 5.74) is 1.72. The molecule has 0 aromatic heterocycles. The monoisotopic (exact) mass is 436 g/mol. The minimum absolute atomic E-state index is 0.129. The van der Waals surface area contributed by atoms with E-state index < -0.39 is 23.6 Å². The van der Waals surface area contributed by atoms with Gasteiger partial charge in [0.25, 0.3) is 0 Å².